The maximum Gasteiger partial charge on any atom is 0.183 e. The van der Waals surface area contributed by atoms with Crippen LogP contribution in [0.5, 0.6) is 5.75 Å². The van der Waals surface area contributed by atoms with E-state index in [0.29, 0.717) is 18.4 Å². The Morgan fingerprint density at radius 3 is 2.32 bits per heavy atom. The van der Waals surface area contributed by atoms with Crippen LogP contribution in [0.1, 0.15) is 88.5 Å². The molecule has 1 aromatic rings. The minimum Gasteiger partial charge on any atom is -0.489 e. The molecule has 1 aliphatic carbocycles. The lowest BCUT2D eigenvalue weighted by Gasteiger charge is -2.32. The third kappa shape index (κ3) is 5.61. The second-order valence-electron chi connectivity index (χ2n) is 8.56. The quantitative estimate of drug-likeness (QED) is 0.437. The Morgan fingerprint density at radius 2 is 1.68 bits per heavy atom. The molecule has 1 saturated heterocycles. The summed E-state index contributed by atoms with van der Waals surface area (Å²) in [7, 11) is 0. The molecule has 0 bridgehead atoms. The van der Waals surface area contributed by atoms with E-state index in [9.17, 15) is 0 Å². The molecule has 2 fully saturated rings. The largest absolute Gasteiger partial charge is 0.489 e. The minimum absolute atomic E-state index is 0.239. The monoisotopic (exact) mass is 386 g/mol. The zero-order valence-electron chi connectivity index (χ0n) is 17.8. The van der Waals surface area contributed by atoms with Crippen LogP contribution in [0.2, 0.25) is 0 Å². The van der Waals surface area contributed by atoms with E-state index in [4.69, 9.17) is 14.2 Å². The van der Waals surface area contributed by atoms with Gasteiger partial charge in [-0.15, -0.1) is 0 Å². The van der Waals surface area contributed by atoms with Crippen LogP contribution in [-0.4, -0.2) is 19.8 Å². The van der Waals surface area contributed by atoms with E-state index in [1.165, 1.54) is 56.9 Å². The second kappa shape index (κ2) is 11.0. The van der Waals surface area contributed by atoms with Gasteiger partial charge in [0.2, 0.25) is 0 Å². The molecule has 156 valence electrons. The SMILES string of the molecule is C=CCOc1ccc(C2OCC(CCC)CO2)cc1C1CCC(CCC)CC1. The Kier molecular flexibility index (Phi) is 8.42. The molecular weight excluding hydrogens is 348 g/mol. The zero-order valence-corrected chi connectivity index (χ0v) is 17.8. The van der Waals surface area contributed by atoms with Gasteiger partial charge in [0, 0.05) is 11.5 Å². The highest BCUT2D eigenvalue weighted by atomic mass is 16.7. The van der Waals surface area contributed by atoms with Gasteiger partial charge >= 0.3 is 0 Å². The average Bonchev–Trinajstić information content (AvgIpc) is 2.74. The first-order chi connectivity index (χ1) is 13.7. The van der Waals surface area contributed by atoms with Crippen molar-refractivity contribution in [2.75, 3.05) is 19.8 Å². The van der Waals surface area contributed by atoms with Gasteiger partial charge in [-0.2, -0.15) is 0 Å². The molecule has 1 aliphatic heterocycles. The Bertz CT molecular complexity index is 596. The van der Waals surface area contributed by atoms with Crippen molar-refractivity contribution in [1.82, 2.24) is 0 Å². The second-order valence-corrected chi connectivity index (χ2v) is 8.56. The lowest BCUT2D eigenvalue weighted by atomic mass is 9.77. The smallest absolute Gasteiger partial charge is 0.183 e. The summed E-state index contributed by atoms with van der Waals surface area (Å²) in [6.45, 7) is 10.5. The van der Waals surface area contributed by atoms with Crippen LogP contribution in [0.25, 0.3) is 0 Å². The van der Waals surface area contributed by atoms with Crippen molar-refractivity contribution in [1.29, 1.82) is 0 Å². The summed E-state index contributed by atoms with van der Waals surface area (Å²) < 4.78 is 18.1. The van der Waals surface area contributed by atoms with Crippen LogP contribution in [-0.2, 0) is 9.47 Å². The summed E-state index contributed by atoms with van der Waals surface area (Å²) in [5.41, 5.74) is 2.46. The van der Waals surface area contributed by atoms with Crippen molar-refractivity contribution in [2.24, 2.45) is 11.8 Å². The molecule has 0 spiro atoms. The van der Waals surface area contributed by atoms with E-state index in [1.807, 2.05) is 6.08 Å². The maximum absolute atomic E-state index is 6.06. The summed E-state index contributed by atoms with van der Waals surface area (Å²) >= 11 is 0. The molecule has 0 atom stereocenters. The Morgan fingerprint density at radius 1 is 1.00 bits per heavy atom. The molecule has 0 radical (unpaired) electrons. The van der Waals surface area contributed by atoms with Gasteiger partial charge in [0.25, 0.3) is 0 Å². The molecule has 1 saturated carbocycles. The summed E-state index contributed by atoms with van der Waals surface area (Å²) in [5, 5.41) is 0. The van der Waals surface area contributed by atoms with Crippen LogP contribution in [0.3, 0.4) is 0 Å². The Hall–Kier alpha value is -1.32. The first-order valence-corrected chi connectivity index (χ1v) is 11.4. The standard InChI is InChI=1S/C25H38O3/c1-4-7-19-9-11-21(12-10-19)23-16-22(13-14-24(23)26-15-6-3)25-27-17-20(8-5-2)18-28-25/h6,13-14,16,19-21,25H,3-5,7-12,15,17-18H2,1-2H3. The predicted octanol–water partition coefficient (Wildman–Crippen LogP) is 6.79. The number of rotatable bonds is 9. The molecule has 3 nitrogen and oxygen atoms in total. The van der Waals surface area contributed by atoms with Crippen molar-refractivity contribution in [3.8, 4) is 5.75 Å². The highest BCUT2D eigenvalue weighted by Gasteiger charge is 2.27. The van der Waals surface area contributed by atoms with Gasteiger partial charge in [-0.05, 0) is 61.6 Å². The van der Waals surface area contributed by atoms with Gasteiger partial charge in [-0.3, -0.25) is 0 Å². The fourth-order valence-electron chi connectivity index (χ4n) is 4.79. The fraction of sp³-hybridized carbons (Fsp3) is 0.680. The zero-order chi connectivity index (χ0) is 19.8. The van der Waals surface area contributed by atoms with E-state index >= 15 is 0 Å². The van der Waals surface area contributed by atoms with Gasteiger partial charge in [-0.1, -0.05) is 51.8 Å². The first kappa shape index (κ1) is 21.4. The van der Waals surface area contributed by atoms with Crippen LogP contribution in [0.15, 0.2) is 30.9 Å². The van der Waals surface area contributed by atoms with Crippen LogP contribution in [0.4, 0.5) is 0 Å². The molecule has 3 rings (SSSR count). The normalized spacial score (nSPS) is 28.1. The number of benzene rings is 1. The maximum atomic E-state index is 6.06. The molecule has 1 aromatic carbocycles. The molecule has 0 amide bonds. The van der Waals surface area contributed by atoms with Gasteiger partial charge in [0.1, 0.15) is 12.4 Å². The molecule has 0 N–H and O–H groups in total. The van der Waals surface area contributed by atoms with Crippen molar-refractivity contribution >= 4 is 0 Å². The van der Waals surface area contributed by atoms with Crippen molar-refractivity contribution < 1.29 is 14.2 Å². The molecule has 1 heterocycles. The Labute approximate surface area is 171 Å². The topological polar surface area (TPSA) is 27.7 Å². The van der Waals surface area contributed by atoms with Gasteiger partial charge in [-0.25, -0.2) is 0 Å². The van der Waals surface area contributed by atoms with Gasteiger partial charge in [0.15, 0.2) is 6.29 Å². The number of ether oxygens (including phenoxy) is 3. The van der Waals surface area contributed by atoms with Gasteiger partial charge < -0.3 is 14.2 Å². The lowest BCUT2D eigenvalue weighted by Crippen LogP contribution is -2.27. The lowest BCUT2D eigenvalue weighted by molar-refractivity contribution is -0.206. The van der Waals surface area contributed by atoms with Crippen LogP contribution in [0, 0.1) is 11.8 Å². The molecule has 0 unspecified atom stereocenters. The fourth-order valence-corrected chi connectivity index (χ4v) is 4.79. The predicted molar refractivity (Wildman–Crippen MR) is 115 cm³/mol. The number of hydrogen-bond donors (Lipinski definition) is 0. The summed E-state index contributed by atoms with van der Waals surface area (Å²) in [6, 6.07) is 6.50. The van der Waals surface area contributed by atoms with Crippen molar-refractivity contribution in [2.45, 2.75) is 77.4 Å². The van der Waals surface area contributed by atoms with E-state index < -0.39 is 0 Å². The van der Waals surface area contributed by atoms with E-state index in [1.54, 1.807) is 0 Å². The van der Waals surface area contributed by atoms with Crippen molar-refractivity contribution in [3.63, 3.8) is 0 Å². The molecule has 0 aromatic heterocycles. The van der Waals surface area contributed by atoms with E-state index in [2.05, 4.69) is 38.6 Å². The number of hydrogen-bond acceptors (Lipinski definition) is 3. The molecule has 28 heavy (non-hydrogen) atoms. The Balaban J connectivity index is 1.71. The third-order valence-electron chi connectivity index (χ3n) is 6.31. The van der Waals surface area contributed by atoms with Crippen LogP contribution < -0.4 is 4.74 Å². The minimum atomic E-state index is -0.239. The van der Waals surface area contributed by atoms with Crippen LogP contribution >= 0.6 is 0 Å². The summed E-state index contributed by atoms with van der Waals surface area (Å²) in [4.78, 5) is 0. The van der Waals surface area contributed by atoms with E-state index in [-0.39, 0.29) is 6.29 Å². The third-order valence-corrected chi connectivity index (χ3v) is 6.31. The van der Waals surface area contributed by atoms with Crippen molar-refractivity contribution in [3.05, 3.63) is 42.0 Å². The van der Waals surface area contributed by atoms with Gasteiger partial charge in [0.05, 0.1) is 13.2 Å². The first-order valence-electron chi connectivity index (χ1n) is 11.4. The molecule has 3 heteroatoms. The summed E-state index contributed by atoms with van der Waals surface area (Å²) in [5.74, 6) is 3.01. The highest BCUT2D eigenvalue weighted by molar-refractivity contribution is 5.40. The molecular formula is C25H38O3. The highest BCUT2D eigenvalue weighted by Crippen LogP contribution is 2.42. The summed E-state index contributed by atoms with van der Waals surface area (Å²) in [6.07, 6.45) is 11.8. The molecule has 2 aliphatic rings. The van der Waals surface area contributed by atoms with E-state index in [0.717, 1.165) is 30.4 Å². The average molecular weight is 387 g/mol.